The predicted octanol–water partition coefficient (Wildman–Crippen LogP) is 8.21. The molecule has 0 heterocycles. The zero-order valence-corrected chi connectivity index (χ0v) is 25.0. The second-order valence-electron chi connectivity index (χ2n) is 11.4. The highest BCUT2D eigenvalue weighted by molar-refractivity contribution is 6.30. The van der Waals surface area contributed by atoms with Gasteiger partial charge >= 0.3 is 5.97 Å². The van der Waals surface area contributed by atoms with Crippen molar-refractivity contribution in [3.8, 4) is 5.75 Å². The molecule has 216 valence electrons. The Morgan fingerprint density at radius 2 is 1.73 bits per heavy atom. The highest BCUT2D eigenvalue weighted by Crippen LogP contribution is 2.55. The van der Waals surface area contributed by atoms with Gasteiger partial charge in [0.25, 0.3) is 0 Å². The first kappa shape index (κ1) is 29.2. The van der Waals surface area contributed by atoms with Gasteiger partial charge in [0.1, 0.15) is 11.3 Å². The average molecular weight is 574 g/mol. The van der Waals surface area contributed by atoms with Gasteiger partial charge in [-0.2, -0.15) is 0 Å². The second kappa shape index (κ2) is 12.7. The zero-order valence-electron chi connectivity index (χ0n) is 24.3. The largest absolute Gasteiger partial charge is 0.497 e. The number of hydrogen-bond donors (Lipinski definition) is 1. The van der Waals surface area contributed by atoms with Crippen LogP contribution in [0.15, 0.2) is 78.4 Å². The fourth-order valence-corrected chi connectivity index (χ4v) is 6.81. The number of benzene rings is 3. The van der Waals surface area contributed by atoms with Crippen LogP contribution in [0.1, 0.15) is 62.1 Å². The summed E-state index contributed by atoms with van der Waals surface area (Å²) in [5.74, 6) is 1.04. The van der Waals surface area contributed by atoms with Crippen molar-refractivity contribution in [2.24, 2.45) is 5.92 Å². The molecule has 2 aliphatic carbocycles. The first-order chi connectivity index (χ1) is 19.9. The van der Waals surface area contributed by atoms with Gasteiger partial charge in [-0.1, -0.05) is 79.1 Å². The van der Waals surface area contributed by atoms with E-state index >= 15 is 0 Å². The van der Waals surface area contributed by atoms with Gasteiger partial charge in [-0.15, -0.1) is 0 Å². The number of fused-ring (bicyclic) bond motifs is 2. The molecular formula is C35H40ClNO4. The van der Waals surface area contributed by atoms with Crippen LogP contribution in [0.25, 0.3) is 6.08 Å². The summed E-state index contributed by atoms with van der Waals surface area (Å²) in [7, 11) is 3.15. The van der Waals surface area contributed by atoms with Crippen LogP contribution < -0.4 is 10.1 Å². The van der Waals surface area contributed by atoms with Gasteiger partial charge in [0.05, 0.1) is 27.4 Å². The number of carbonyl (C=O) groups is 1. The predicted molar refractivity (Wildman–Crippen MR) is 165 cm³/mol. The van der Waals surface area contributed by atoms with E-state index in [9.17, 15) is 4.79 Å². The van der Waals surface area contributed by atoms with Crippen molar-refractivity contribution < 1.29 is 19.0 Å². The molecule has 6 heteroatoms. The number of halogens is 1. The van der Waals surface area contributed by atoms with Crippen molar-refractivity contribution in [1.29, 1.82) is 0 Å². The minimum atomic E-state index is -0.793. The molecule has 1 unspecified atom stereocenters. The Morgan fingerprint density at radius 3 is 2.41 bits per heavy atom. The number of nitrogens with one attached hydrogen (secondary N) is 1. The number of hydrogen-bond acceptors (Lipinski definition) is 5. The molecule has 3 aromatic rings. The Morgan fingerprint density at radius 1 is 0.976 bits per heavy atom. The standard InChI is InChI=1S/C35H40ClNO4/c1-4-25(23-41-24-26-12-14-31(39-2)15-13-26)20-28-21-27-8-5-6-11-32(27)34(28)16-18-35(19-17-34,33(38)40-3)37-30-10-7-9-29(36)22-30/h5-15,21-22,25,37H,4,16-20,23-24H2,1-3H3. The Labute approximate surface area is 248 Å². The molecule has 1 spiro atoms. The summed E-state index contributed by atoms with van der Waals surface area (Å²) >= 11 is 6.26. The summed E-state index contributed by atoms with van der Waals surface area (Å²) in [4.78, 5) is 13.2. The monoisotopic (exact) mass is 573 g/mol. The van der Waals surface area contributed by atoms with Gasteiger partial charge in [-0.3, -0.25) is 0 Å². The van der Waals surface area contributed by atoms with Gasteiger partial charge in [0.2, 0.25) is 0 Å². The van der Waals surface area contributed by atoms with E-state index in [0.29, 0.717) is 37.0 Å². The number of rotatable bonds is 11. The zero-order chi connectivity index (χ0) is 28.9. The van der Waals surface area contributed by atoms with Gasteiger partial charge in [0, 0.05) is 16.1 Å². The maximum absolute atomic E-state index is 13.2. The van der Waals surface area contributed by atoms with Crippen molar-refractivity contribution >= 4 is 29.3 Å². The maximum Gasteiger partial charge on any atom is 0.331 e. The van der Waals surface area contributed by atoms with Crippen molar-refractivity contribution in [3.63, 3.8) is 0 Å². The topological polar surface area (TPSA) is 56.8 Å². The number of ether oxygens (including phenoxy) is 3. The Hall–Kier alpha value is -3.28. The van der Waals surface area contributed by atoms with Gasteiger partial charge < -0.3 is 19.5 Å². The van der Waals surface area contributed by atoms with Gasteiger partial charge in [-0.05, 0) is 85.0 Å². The number of methoxy groups -OCH3 is 2. The summed E-state index contributed by atoms with van der Waals surface area (Å²) < 4.78 is 16.8. The summed E-state index contributed by atoms with van der Waals surface area (Å²) in [5.41, 5.74) is 5.23. The summed E-state index contributed by atoms with van der Waals surface area (Å²) in [6, 6.07) is 24.4. The van der Waals surface area contributed by atoms with Crippen LogP contribution in [0.4, 0.5) is 5.69 Å². The third kappa shape index (κ3) is 6.17. The molecule has 0 aliphatic heterocycles. The first-order valence-electron chi connectivity index (χ1n) is 14.5. The van der Waals surface area contributed by atoms with Gasteiger partial charge in [0.15, 0.2) is 0 Å². The molecule has 2 aliphatic rings. The lowest BCUT2D eigenvalue weighted by atomic mass is 9.61. The van der Waals surface area contributed by atoms with Crippen LogP contribution in [0, 0.1) is 5.92 Å². The number of anilines is 1. The van der Waals surface area contributed by atoms with Crippen LogP contribution in [-0.2, 0) is 26.3 Å². The summed E-state index contributed by atoms with van der Waals surface area (Å²) in [6.07, 6.45) is 7.47. The maximum atomic E-state index is 13.2. The van der Waals surface area contributed by atoms with Crippen LogP contribution in [0.3, 0.4) is 0 Å². The number of carbonyl (C=O) groups excluding carboxylic acids is 1. The molecule has 1 saturated carbocycles. The van der Waals surface area contributed by atoms with Crippen molar-refractivity contribution in [3.05, 3.63) is 100 Å². The number of allylic oxidation sites excluding steroid dienone is 1. The molecular weight excluding hydrogens is 534 g/mol. The van der Waals surface area contributed by atoms with E-state index in [1.54, 1.807) is 7.11 Å². The lowest BCUT2D eigenvalue weighted by Crippen LogP contribution is -2.52. The molecule has 41 heavy (non-hydrogen) atoms. The molecule has 1 atom stereocenters. The van der Waals surface area contributed by atoms with Crippen molar-refractivity contribution in [2.45, 2.75) is 63.0 Å². The Balaban J connectivity index is 1.32. The van der Waals surface area contributed by atoms with Crippen LogP contribution in [-0.4, -0.2) is 32.3 Å². The van der Waals surface area contributed by atoms with E-state index in [4.69, 9.17) is 25.8 Å². The molecule has 1 fully saturated rings. The molecule has 0 saturated heterocycles. The van der Waals surface area contributed by atoms with Crippen molar-refractivity contribution in [1.82, 2.24) is 0 Å². The molecule has 5 rings (SSSR count). The normalized spacial score (nSPS) is 22.1. The van der Waals surface area contributed by atoms with E-state index in [2.05, 4.69) is 54.7 Å². The Kier molecular flexibility index (Phi) is 9.06. The fraction of sp³-hybridized carbons (Fsp3) is 0.400. The minimum absolute atomic E-state index is 0.0898. The first-order valence-corrected chi connectivity index (χ1v) is 14.9. The minimum Gasteiger partial charge on any atom is -0.497 e. The second-order valence-corrected chi connectivity index (χ2v) is 11.8. The van der Waals surface area contributed by atoms with Crippen molar-refractivity contribution in [2.75, 3.05) is 26.1 Å². The average Bonchev–Trinajstić information content (AvgIpc) is 3.30. The van der Waals surface area contributed by atoms with E-state index in [1.807, 2.05) is 36.4 Å². The lowest BCUT2D eigenvalue weighted by molar-refractivity contribution is -0.147. The molecule has 0 amide bonds. The van der Waals surface area contributed by atoms with E-state index in [-0.39, 0.29) is 11.4 Å². The quantitative estimate of drug-likeness (QED) is 0.234. The van der Waals surface area contributed by atoms with Crippen LogP contribution >= 0.6 is 11.6 Å². The van der Waals surface area contributed by atoms with Crippen LogP contribution in [0.2, 0.25) is 5.02 Å². The number of esters is 1. The van der Waals surface area contributed by atoms with E-state index in [0.717, 1.165) is 42.7 Å². The van der Waals surface area contributed by atoms with Gasteiger partial charge in [-0.25, -0.2) is 4.79 Å². The fourth-order valence-electron chi connectivity index (χ4n) is 6.62. The molecule has 1 N–H and O–H groups in total. The van der Waals surface area contributed by atoms with Crippen LogP contribution in [0.5, 0.6) is 5.75 Å². The third-order valence-electron chi connectivity index (χ3n) is 9.03. The third-order valence-corrected chi connectivity index (χ3v) is 9.26. The smallest absolute Gasteiger partial charge is 0.331 e. The lowest BCUT2D eigenvalue weighted by Gasteiger charge is -2.46. The van der Waals surface area contributed by atoms with E-state index < -0.39 is 5.54 Å². The molecule has 0 radical (unpaired) electrons. The summed E-state index contributed by atoms with van der Waals surface area (Å²) in [5, 5.41) is 4.16. The molecule has 5 nitrogen and oxygen atoms in total. The molecule has 3 aromatic carbocycles. The highest BCUT2D eigenvalue weighted by Gasteiger charge is 2.52. The molecule has 0 aromatic heterocycles. The molecule has 0 bridgehead atoms. The summed E-state index contributed by atoms with van der Waals surface area (Å²) in [6.45, 7) is 3.53. The Bertz CT molecular complexity index is 1370. The SMILES string of the molecule is CCC(COCc1ccc(OC)cc1)CC1=Cc2ccccc2C12CCC(Nc1cccc(Cl)c1)(C(=O)OC)CC2. The van der Waals surface area contributed by atoms with E-state index in [1.165, 1.54) is 23.8 Å². The highest BCUT2D eigenvalue weighted by atomic mass is 35.5.